The molecule has 1 aromatic carbocycles. The van der Waals surface area contributed by atoms with Crippen LogP contribution in [0.2, 0.25) is 5.02 Å². The van der Waals surface area contributed by atoms with E-state index < -0.39 is 0 Å². The molecule has 114 valence electrons. The van der Waals surface area contributed by atoms with Crippen LogP contribution in [0.1, 0.15) is 36.8 Å². The van der Waals surface area contributed by atoms with E-state index in [-0.39, 0.29) is 6.04 Å². The van der Waals surface area contributed by atoms with E-state index in [9.17, 15) is 0 Å². The lowest BCUT2D eigenvalue weighted by molar-refractivity contribution is 0.334. The molecule has 0 bridgehead atoms. The van der Waals surface area contributed by atoms with Crippen LogP contribution in [-0.4, -0.2) is 16.4 Å². The molecule has 0 aliphatic rings. The van der Waals surface area contributed by atoms with Crippen LogP contribution in [0.5, 0.6) is 5.75 Å². The highest BCUT2D eigenvalue weighted by Crippen LogP contribution is 2.29. The molecule has 2 aromatic rings. The highest BCUT2D eigenvalue weighted by Gasteiger charge is 2.18. The molecule has 5 heteroatoms. The first-order valence-electron chi connectivity index (χ1n) is 7.27. The van der Waals surface area contributed by atoms with Crippen LogP contribution in [0.3, 0.4) is 0 Å². The van der Waals surface area contributed by atoms with E-state index in [0.717, 1.165) is 29.2 Å². The van der Waals surface area contributed by atoms with Crippen molar-refractivity contribution in [3.8, 4) is 5.75 Å². The summed E-state index contributed by atoms with van der Waals surface area (Å²) in [4.78, 5) is 0. The van der Waals surface area contributed by atoms with Crippen LogP contribution in [0.15, 0.2) is 24.3 Å². The van der Waals surface area contributed by atoms with E-state index in [1.807, 2.05) is 49.7 Å². The minimum absolute atomic E-state index is 0.174. The fraction of sp³-hybridized carbons (Fsp3) is 0.438. The molecule has 0 amide bonds. The molecule has 1 unspecified atom stereocenters. The maximum Gasteiger partial charge on any atom is 0.124 e. The average Bonchev–Trinajstić information content (AvgIpc) is 2.76. The number of nitrogens with zero attached hydrogens (tertiary/aromatic N) is 2. The number of ether oxygens (including phenoxy) is 1. The molecule has 0 saturated carbocycles. The maximum absolute atomic E-state index is 6.38. The summed E-state index contributed by atoms with van der Waals surface area (Å²) in [5.41, 5.74) is 9.21. The van der Waals surface area contributed by atoms with Gasteiger partial charge in [0.25, 0.3) is 0 Å². The van der Waals surface area contributed by atoms with Crippen molar-refractivity contribution in [3.05, 3.63) is 46.2 Å². The van der Waals surface area contributed by atoms with E-state index in [0.29, 0.717) is 18.1 Å². The van der Waals surface area contributed by atoms with E-state index >= 15 is 0 Å². The fourth-order valence-corrected chi connectivity index (χ4v) is 2.67. The van der Waals surface area contributed by atoms with Gasteiger partial charge < -0.3 is 10.5 Å². The maximum atomic E-state index is 6.38. The Labute approximate surface area is 130 Å². The molecule has 0 fully saturated rings. The van der Waals surface area contributed by atoms with Crippen LogP contribution in [-0.2, 0) is 13.0 Å². The Morgan fingerprint density at radius 1 is 1.33 bits per heavy atom. The van der Waals surface area contributed by atoms with Gasteiger partial charge in [-0.2, -0.15) is 5.10 Å². The van der Waals surface area contributed by atoms with Crippen molar-refractivity contribution < 1.29 is 4.74 Å². The van der Waals surface area contributed by atoms with Gasteiger partial charge in [-0.3, -0.25) is 4.68 Å². The van der Waals surface area contributed by atoms with Crippen molar-refractivity contribution >= 4 is 11.6 Å². The summed E-state index contributed by atoms with van der Waals surface area (Å²) in [6.07, 6.45) is 0.637. The predicted octanol–water partition coefficient (Wildman–Crippen LogP) is 3.51. The molecule has 2 rings (SSSR count). The third-order valence-corrected chi connectivity index (χ3v) is 3.98. The van der Waals surface area contributed by atoms with E-state index in [1.165, 1.54) is 0 Å². The summed E-state index contributed by atoms with van der Waals surface area (Å²) in [5.74, 6) is 0.836. The van der Waals surface area contributed by atoms with E-state index in [4.69, 9.17) is 22.1 Å². The highest BCUT2D eigenvalue weighted by molar-refractivity contribution is 6.31. The van der Waals surface area contributed by atoms with Gasteiger partial charge in [-0.25, -0.2) is 0 Å². The topological polar surface area (TPSA) is 53.1 Å². The Bertz CT molecular complexity index is 610. The van der Waals surface area contributed by atoms with Crippen LogP contribution in [0, 0.1) is 6.92 Å². The Kier molecular flexibility index (Phi) is 5.26. The quantitative estimate of drug-likeness (QED) is 0.888. The molecule has 0 radical (unpaired) electrons. The first-order chi connectivity index (χ1) is 10.1. The summed E-state index contributed by atoms with van der Waals surface area (Å²) in [5, 5.41) is 5.14. The molecular weight excluding hydrogens is 286 g/mol. The number of para-hydroxylation sites is 1. The average molecular weight is 308 g/mol. The standard InChI is InChI=1S/C16H22ClN3O/c1-4-20-14(16(17)11(3)19-20)10-13(18)12-8-6-7-9-15(12)21-5-2/h6-9,13H,4-5,10,18H2,1-3H3. The van der Waals surface area contributed by atoms with E-state index in [1.54, 1.807) is 0 Å². The van der Waals surface area contributed by atoms with Crippen molar-refractivity contribution in [2.24, 2.45) is 5.73 Å². The predicted molar refractivity (Wildman–Crippen MR) is 85.9 cm³/mol. The van der Waals surface area contributed by atoms with E-state index in [2.05, 4.69) is 5.10 Å². The van der Waals surface area contributed by atoms with Crippen LogP contribution >= 0.6 is 11.6 Å². The number of aryl methyl sites for hydroxylation is 2. The van der Waals surface area contributed by atoms with Crippen LogP contribution in [0.25, 0.3) is 0 Å². The highest BCUT2D eigenvalue weighted by atomic mass is 35.5. The number of benzene rings is 1. The third-order valence-electron chi connectivity index (χ3n) is 3.48. The number of halogens is 1. The first kappa shape index (κ1) is 15.9. The summed E-state index contributed by atoms with van der Waals surface area (Å²) < 4.78 is 7.57. The molecule has 4 nitrogen and oxygen atoms in total. The summed E-state index contributed by atoms with van der Waals surface area (Å²) in [7, 11) is 0. The molecular formula is C16H22ClN3O. The molecule has 2 N–H and O–H groups in total. The van der Waals surface area contributed by atoms with Gasteiger partial charge in [-0.1, -0.05) is 29.8 Å². The minimum Gasteiger partial charge on any atom is -0.494 e. The van der Waals surface area contributed by atoms with Gasteiger partial charge in [0.2, 0.25) is 0 Å². The SMILES string of the molecule is CCOc1ccccc1C(N)Cc1c(Cl)c(C)nn1CC. The van der Waals surface area contributed by atoms with Crippen molar-refractivity contribution in [2.75, 3.05) is 6.61 Å². The smallest absolute Gasteiger partial charge is 0.124 e. The van der Waals surface area contributed by atoms with Gasteiger partial charge in [-0.05, 0) is 26.8 Å². The van der Waals surface area contributed by atoms with Gasteiger partial charge in [0.05, 0.1) is 23.0 Å². The lowest BCUT2D eigenvalue weighted by Gasteiger charge is -2.17. The summed E-state index contributed by atoms with van der Waals surface area (Å²) in [6.45, 7) is 7.33. The van der Waals surface area contributed by atoms with Gasteiger partial charge in [0.1, 0.15) is 5.75 Å². The van der Waals surface area contributed by atoms with Gasteiger partial charge in [0.15, 0.2) is 0 Å². The zero-order chi connectivity index (χ0) is 15.4. The normalized spacial score (nSPS) is 12.4. The molecule has 1 atom stereocenters. The lowest BCUT2D eigenvalue weighted by atomic mass is 10.0. The molecule has 0 spiro atoms. The molecule has 0 aliphatic carbocycles. The second-order valence-electron chi connectivity index (χ2n) is 4.94. The van der Waals surface area contributed by atoms with Gasteiger partial charge >= 0.3 is 0 Å². The van der Waals surface area contributed by atoms with Crippen molar-refractivity contribution in [1.29, 1.82) is 0 Å². The van der Waals surface area contributed by atoms with Crippen molar-refractivity contribution in [1.82, 2.24) is 9.78 Å². The Morgan fingerprint density at radius 2 is 2.05 bits per heavy atom. The zero-order valence-electron chi connectivity index (χ0n) is 12.8. The molecule has 1 aromatic heterocycles. The molecule has 1 heterocycles. The van der Waals surface area contributed by atoms with Crippen LogP contribution < -0.4 is 10.5 Å². The third kappa shape index (κ3) is 3.39. The number of rotatable bonds is 6. The van der Waals surface area contributed by atoms with Crippen LogP contribution in [0.4, 0.5) is 0 Å². The second-order valence-corrected chi connectivity index (χ2v) is 5.32. The number of aromatic nitrogens is 2. The molecule has 21 heavy (non-hydrogen) atoms. The van der Waals surface area contributed by atoms with Crippen molar-refractivity contribution in [3.63, 3.8) is 0 Å². The second kappa shape index (κ2) is 6.96. The van der Waals surface area contributed by atoms with Gasteiger partial charge in [-0.15, -0.1) is 0 Å². The van der Waals surface area contributed by atoms with Gasteiger partial charge in [0, 0.05) is 24.6 Å². The summed E-state index contributed by atoms with van der Waals surface area (Å²) in [6, 6.07) is 7.70. The Balaban J connectivity index is 2.28. The summed E-state index contributed by atoms with van der Waals surface area (Å²) >= 11 is 6.36. The number of nitrogens with two attached hydrogens (primary N) is 1. The fourth-order valence-electron chi connectivity index (χ4n) is 2.46. The lowest BCUT2D eigenvalue weighted by Crippen LogP contribution is -2.17. The minimum atomic E-state index is -0.174. The Hall–Kier alpha value is -1.52. The van der Waals surface area contributed by atoms with Crippen molar-refractivity contribution in [2.45, 2.75) is 39.8 Å². The molecule has 0 saturated heterocycles. The number of hydrogen-bond donors (Lipinski definition) is 1. The largest absolute Gasteiger partial charge is 0.494 e. The molecule has 0 aliphatic heterocycles. The first-order valence-corrected chi connectivity index (χ1v) is 7.65. The monoisotopic (exact) mass is 307 g/mol. The Morgan fingerprint density at radius 3 is 2.71 bits per heavy atom. The number of hydrogen-bond acceptors (Lipinski definition) is 3. The zero-order valence-corrected chi connectivity index (χ0v) is 13.5.